The highest BCUT2D eigenvalue weighted by Crippen LogP contribution is 2.18. The van der Waals surface area contributed by atoms with Gasteiger partial charge in [0, 0.05) is 12.8 Å². The van der Waals surface area contributed by atoms with Crippen LogP contribution >= 0.6 is 0 Å². The molecule has 0 spiro atoms. The van der Waals surface area contributed by atoms with Crippen LogP contribution in [0.3, 0.4) is 0 Å². The predicted molar refractivity (Wildman–Crippen MR) is 343 cm³/mol. The molecule has 0 saturated heterocycles. The fourth-order valence-corrected chi connectivity index (χ4v) is 10.1. The van der Waals surface area contributed by atoms with Crippen LogP contribution in [0.4, 0.5) is 0 Å². The average Bonchev–Trinajstić information content (AvgIpc) is 3.44. The normalized spacial score (nSPS) is 12.7. The molecule has 0 aromatic carbocycles. The zero-order valence-electron chi connectivity index (χ0n) is 51.9. The predicted octanol–water partition coefficient (Wildman–Crippen LogP) is 23.7. The number of hydrogen-bond donors (Lipinski definition) is 1. The Bertz CT molecular complexity index is 1420. The molecule has 1 N–H and O–H groups in total. The van der Waals surface area contributed by atoms with Crippen LogP contribution in [-0.4, -0.2) is 36.4 Å². The van der Waals surface area contributed by atoms with Gasteiger partial charge in [-0.1, -0.05) is 330 Å². The van der Waals surface area contributed by atoms with E-state index >= 15 is 0 Å². The first kappa shape index (κ1) is 75.1. The SMILES string of the molecule is CC/C=C\C/C=C\C/C=C\C/C=C\C/C=C\CCCCCCCCCC(=O)OC(CO)COC(=O)CCCCCCCCCCCCCCCCCCCCCCCCCCCCCCC/C=C\C/C=C\CCCCCCC. The number of hydrogen-bond acceptors (Lipinski definition) is 5. The van der Waals surface area contributed by atoms with Crippen LogP contribution in [0, 0.1) is 0 Å². The van der Waals surface area contributed by atoms with E-state index in [9.17, 15) is 14.7 Å². The molecule has 452 valence electrons. The number of aliphatic hydroxyl groups excluding tert-OH is 1. The minimum absolute atomic E-state index is 0.0705. The lowest BCUT2D eigenvalue weighted by Crippen LogP contribution is -2.28. The van der Waals surface area contributed by atoms with Crippen molar-refractivity contribution in [2.75, 3.05) is 13.2 Å². The average molecular weight is 1090 g/mol. The quantitative estimate of drug-likeness (QED) is 0.0373. The molecule has 0 heterocycles. The zero-order chi connectivity index (χ0) is 56.2. The van der Waals surface area contributed by atoms with Gasteiger partial charge in [-0.3, -0.25) is 9.59 Å². The molecule has 0 aromatic rings. The van der Waals surface area contributed by atoms with Gasteiger partial charge in [0.1, 0.15) is 6.61 Å². The van der Waals surface area contributed by atoms with Crippen molar-refractivity contribution in [3.8, 4) is 0 Å². The van der Waals surface area contributed by atoms with Gasteiger partial charge in [-0.15, -0.1) is 0 Å². The summed E-state index contributed by atoms with van der Waals surface area (Å²) in [5, 5.41) is 9.68. The van der Waals surface area contributed by atoms with Gasteiger partial charge < -0.3 is 14.6 Å². The number of carbonyl (C=O) groups is 2. The molecule has 5 nitrogen and oxygen atoms in total. The molecule has 0 saturated carbocycles. The number of aliphatic hydroxyl groups is 1. The standard InChI is InChI=1S/C73H130O5/c1-3-5-7-9-11-13-15-17-19-21-23-25-27-28-29-30-31-32-33-34-35-36-37-38-39-40-41-42-43-44-46-47-49-51-53-55-57-59-61-63-65-67-72(75)77-70-71(69-74)78-73(76)68-66-64-62-60-58-56-54-52-50-48-45-26-24-22-20-18-16-14-12-10-8-6-4-2/h6,8,12,14-15,17-18,20-21,23-24,26,48,50,71,74H,3-5,7,9-11,13,16,19,22,25,27-47,49,51-70H2,1-2H3/b8-6-,14-12-,17-15-,20-18-,23-21-,26-24-,50-48-. The van der Waals surface area contributed by atoms with Crippen LogP contribution in [-0.2, 0) is 19.1 Å². The molecule has 0 aliphatic carbocycles. The molecule has 5 heteroatoms. The van der Waals surface area contributed by atoms with Crippen LogP contribution in [0.1, 0.15) is 348 Å². The van der Waals surface area contributed by atoms with Crippen molar-refractivity contribution in [1.29, 1.82) is 0 Å². The Hall–Kier alpha value is -2.92. The van der Waals surface area contributed by atoms with Crippen molar-refractivity contribution >= 4 is 11.9 Å². The molecule has 0 rings (SSSR count). The summed E-state index contributed by atoms with van der Waals surface area (Å²) in [6.45, 7) is 4.04. The highest BCUT2D eigenvalue weighted by Gasteiger charge is 2.16. The molecule has 0 aliphatic heterocycles. The second-order valence-electron chi connectivity index (χ2n) is 22.9. The van der Waals surface area contributed by atoms with Gasteiger partial charge >= 0.3 is 11.9 Å². The Morgan fingerprint density at radius 2 is 0.551 bits per heavy atom. The van der Waals surface area contributed by atoms with Crippen LogP contribution < -0.4 is 0 Å². The van der Waals surface area contributed by atoms with E-state index in [1.165, 1.54) is 238 Å². The highest BCUT2D eigenvalue weighted by molar-refractivity contribution is 5.70. The van der Waals surface area contributed by atoms with E-state index in [0.29, 0.717) is 12.8 Å². The number of allylic oxidation sites excluding steroid dienone is 14. The third kappa shape index (κ3) is 65.6. The number of esters is 2. The van der Waals surface area contributed by atoms with Gasteiger partial charge in [-0.25, -0.2) is 0 Å². The minimum atomic E-state index is -0.782. The van der Waals surface area contributed by atoms with Gasteiger partial charge in [0.2, 0.25) is 0 Å². The largest absolute Gasteiger partial charge is 0.462 e. The maximum Gasteiger partial charge on any atom is 0.306 e. The van der Waals surface area contributed by atoms with Gasteiger partial charge in [-0.05, 0) is 89.9 Å². The number of carbonyl (C=O) groups excluding carboxylic acids is 2. The minimum Gasteiger partial charge on any atom is -0.462 e. The van der Waals surface area contributed by atoms with Crippen LogP contribution in [0.5, 0.6) is 0 Å². The van der Waals surface area contributed by atoms with Crippen molar-refractivity contribution in [3.05, 3.63) is 85.1 Å². The number of unbranched alkanes of at least 4 members (excludes halogenated alkanes) is 41. The van der Waals surface area contributed by atoms with Crippen molar-refractivity contribution in [3.63, 3.8) is 0 Å². The van der Waals surface area contributed by atoms with Crippen LogP contribution in [0.25, 0.3) is 0 Å². The highest BCUT2D eigenvalue weighted by atomic mass is 16.6. The summed E-state index contributed by atoms with van der Waals surface area (Å²) in [6, 6.07) is 0. The van der Waals surface area contributed by atoms with Gasteiger partial charge in [-0.2, -0.15) is 0 Å². The Balaban J connectivity index is 3.40. The van der Waals surface area contributed by atoms with E-state index in [1.54, 1.807) is 0 Å². The maximum absolute atomic E-state index is 12.3. The summed E-state index contributed by atoms with van der Waals surface area (Å²) in [5.74, 6) is -0.592. The summed E-state index contributed by atoms with van der Waals surface area (Å²) in [5.41, 5.74) is 0. The third-order valence-corrected chi connectivity index (χ3v) is 15.2. The Morgan fingerprint density at radius 1 is 0.308 bits per heavy atom. The van der Waals surface area contributed by atoms with Crippen molar-refractivity contribution < 1.29 is 24.2 Å². The molecule has 0 amide bonds. The van der Waals surface area contributed by atoms with Crippen LogP contribution in [0.15, 0.2) is 85.1 Å². The summed E-state index contributed by atoms with van der Waals surface area (Å²) in [4.78, 5) is 24.6. The molecular formula is C73H130O5. The summed E-state index contributed by atoms with van der Waals surface area (Å²) >= 11 is 0. The molecule has 1 unspecified atom stereocenters. The van der Waals surface area contributed by atoms with Crippen LogP contribution in [0.2, 0.25) is 0 Å². The van der Waals surface area contributed by atoms with Gasteiger partial charge in [0.05, 0.1) is 6.61 Å². The summed E-state index contributed by atoms with van der Waals surface area (Å²) in [7, 11) is 0. The smallest absolute Gasteiger partial charge is 0.306 e. The fraction of sp³-hybridized carbons (Fsp3) is 0.781. The first-order valence-corrected chi connectivity index (χ1v) is 34.1. The number of ether oxygens (including phenoxy) is 2. The van der Waals surface area contributed by atoms with E-state index in [-0.39, 0.29) is 25.2 Å². The van der Waals surface area contributed by atoms with Gasteiger partial charge in [0.15, 0.2) is 6.10 Å². The molecule has 1 atom stereocenters. The zero-order valence-corrected chi connectivity index (χ0v) is 51.9. The molecule has 0 aromatic heterocycles. The van der Waals surface area contributed by atoms with Crippen molar-refractivity contribution in [2.24, 2.45) is 0 Å². The fourth-order valence-electron chi connectivity index (χ4n) is 10.1. The van der Waals surface area contributed by atoms with E-state index in [2.05, 4.69) is 98.9 Å². The molecule has 0 radical (unpaired) electrons. The lowest BCUT2D eigenvalue weighted by molar-refractivity contribution is -0.161. The molecule has 78 heavy (non-hydrogen) atoms. The topological polar surface area (TPSA) is 72.8 Å². The summed E-state index contributed by atoms with van der Waals surface area (Å²) in [6.07, 6.45) is 96.2. The second kappa shape index (κ2) is 68.4. The molecular weight excluding hydrogens is 957 g/mol. The lowest BCUT2D eigenvalue weighted by Gasteiger charge is -2.15. The van der Waals surface area contributed by atoms with Crippen molar-refractivity contribution in [2.45, 2.75) is 354 Å². The van der Waals surface area contributed by atoms with E-state index < -0.39 is 6.10 Å². The first-order valence-electron chi connectivity index (χ1n) is 34.1. The molecule has 0 fully saturated rings. The Morgan fingerprint density at radius 3 is 0.833 bits per heavy atom. The Kier molecular flexibility index (Phi) is 65.8. The van der Waals surface area contributed by atoms with E-state index in [0.717, 1.165) is 83.5 Å². The lowest BCUT2D eigenvalue weighted by atomic mass is 10.0. The summed E-state index contributed by atoms with van der Waals surface area (Å²) < 4.78 is 10.7. The van der Waals surface area contributed by atoms with Crippen molar-refractivity contribution in [1.82, 2.24) is 0 Å². The van der Waals surface area contributed by atoms with Gasteiger partial charge in [0.25, 0.3) is 0 Å². The Labute approximate surface area is 486 Å². The molecule has 0 aliphatic rings. The maximum atomic E-state index is 12.3. The molecule has 0 bridgehead atoms. The first-order chi connectivity index (χ1) is 38.6. The van der Waals surface area contributed by atoms with E-state index in [4.69, 9.17) is 9.47 Å². The monoisotopic (exact) mass is 1090 g/mol. The third-order valence-electron chi connectivity index (χ3n) is 15.2. The second-order valence-corrected chi connectivity index (χ2v) is 22.9. The van der Waals surface area contributed by atoms with E-state index in [1.807, 2.05) is 0 Å². The number of rotatable bonds is 63.